The molecule has 1 saturated heterocycles. The number of carbonyl (C=O) groups excluding carboxylic acids is 2. The molecule has 0 spiro atoms. The maximum absolute atomic E-state index is 12.4. The van der Waals surface area contributed by atoms with Gasteiger partial charge in [0.2, 0.25) is 5.91 Å². The fraction of sp³-hybridized carbons (Fsp3) is 0.474. The lowest BCUT2D eigenvalue weighted by molar-refractivity contribution is -0.129. The first-order valence-corrected chi connectivity index (χ1v) is 9.57. The Morgan fingerprint density at radius 3 is 2.92 bits per heavy atom. The molecule has 6 heteroatoms. The van der Waals surface area contributed by atoms with Gasteiger partial charge in [0.05, 0.1) is 4.88 Å². The third kappa shape index (κ3) is 4.38. The SMILES string of the molecule is CN(C)CCN1C(=O)CCC1CCNC(=O)c1cc2ccccc2s1. The highest BCUT2D eigenvalue weighted by Crippen LogP contribution is 2.25. The quantitative estimate of drug-likeness (QED) is 0.827. The van der Waals surface area contributed by atoms with Gasteiger partial charge in [-0.3, -0.25) is 9.59 Å². The Morgan fingerprint density at radius 2 is 2.16 bits per heavy atom. The van der Waals surface area contributed by atoms with E-state index < -0.39 is 0 Å². The fourth-order valence-corrected chi connectivity index (χ4v) is 4.22. The highest BCUT2D eigenvalue weighted by molar-refractivity contribution is 7.20. The van der Waals surface area contributed by atoms with Gasteiger partial charge in [-0.2, -0.15) is 0 Å². The van der Waals surface area contributed by atoms with Crippen LogP contribution >= 0.6 is 11.3 Å². The second kappa shape index (κ2) is 7.97. The van der Waals surface area contributed by atoms with Gasteiger partial charge in [0.1, 0.15) is 0 Å². The normalized spacial score (nSPS) is 17.6. The maximum atomic E-state index is 12.4. The molecule has 0 radical (unpaired) electrons. The first-order chi connectivity index (χ1) is 12.0. The monoisotopic (exact) mass is 359 g/mol. The van der Waals surface area contributed by atoms with Crippen molar-refractivity contribution in [3.05, 3.63) is 35.2 Å². The molecule has 2 aromatic rings. The zero-order valence-corrected chi connectivity index (χ0v) is 15.6. The molecule has 1 N–H and O–H groups in total. The highest BCUT2D eigenvalue weighted by atomic mass is 32.1. The van der Waals surface area contributed by atoms with E-state index in [-0.39, 0.29) is 17.9 Å². The van der Waals surface area contributed by atoms with E-state index in [0.29, 0.717) is 13.0 Å². The number of thiophene rings is 1. The van der Waals surface area contributed by atoms with Crippen molar-refractivity contribution in [2.24, 2.45) is 0 Å². The number of hydrogen-bond acceptors (Lipinski definition) is 4. The average Bonchev–Trinajstić information content (AvgIpc) is 3.16. The van der Waals surface area contributed by atoms with Crippen LogP contribution in [0.3, 0.4) is 0 Å². The van der Waals surface area contributed by atoms with Crippen molar-refractivity contribution in [3.63, 3.8) is 0 Å². The molecule has 1 aliphatic heterocycles. The number of carbonyl (C=O) groups is 2. The molecule has 1 aliphatic rings. The highest BCUT2D eigenvalue weighted by Gasteiger charge is 2.30. The van der Waals surface area contributed by atoms with Crippen molar-refractivity contribution >= 4 is 33.2 Å². The Hall–Kier alpha value is -1.92. The Kier molecular flexibility index (Phi) is 5.71. The zero-order chi connectivity index (χ0) is 17.8. The van der Waals surface area contributed by atoms with E-state index in [9.17, 15) is 9.59 Å². The van der Waals surface area contributed by atoms with Gasteiger partial charge in [0.25, 0.3) is 5.91 Å². The summed E-state index contributed by atoms with van der Waals surface area (Å²) in [6, 6.07) is 10.2. The van der Waals surface area contributed by atoms with Crippen molar-refractivity contribution < 1.29 is 9.59 Å². The second-order valence-electron chi connectivity index (χ2n) is 6.78. The number of likely N-dealkylation sites (tertiary alicyclic amines) is 1. The summed E-state index contributed by atoms with van der Waals surface area (Å²) >= 11 is 1.52. The van der Waals surface area contributed by atoms with Gasteiger partial charge in [-0.1, -0.05) is 18.2 Å². The molecule has 1 aromatic carbocycles. The molecule has 2 heterocycles. The maximum Gasteiger partial charge on any atom is 0.261 e. The summed E-state index contributed by atoms with van der Waals surface area (Å²) in [7, 11) is 4.03. The minimum Gasteiger partial charge on any atom is -0.351 e. The number of benzene rings is 1. The Balaban J connectivity index is 1.51. The Morgan fingerprint density at radius 1 is 1.36 bits per heavy atom. The molecule has 0 aliphatic carbocycles. The van der Waals surface area contributed by atoms with Crippen molar-refractivity contribution in [2.45, 2.75) is 25.3 Å². The van der Waals surface area contributed by atoms with Crippen molar-refractivity contribution in [2.75, 3.05) is 33.7 Å². The van der Waals surface area contributed by atoms with Crippen LogP contribution in [0.5, 0.6) is 0 Å². The van der Waals surface area contributed by atoms with Crippen LogP contribution in [0.25, 0.3) is 10.1 Å². The summed E-state index contributed by atoms with van der Waals surface area (Å²) in [5, 5.41) is 4.12. The van der Waals surface area contributed by atoms with Crippen LogP contribution in [-0.2, 0) is 4.79 Å². The summed E-state index contributed by atoms with van der Waals surface area (Å²) in [4.78, 5) is 29.2. The molecule has 1 fully saturated rings. The number of nitrogens with one attached hydrogen (secondary N) is 1. The van der Waals surface area contributed by atoms with Gasteiger partial charge in [-0.15, -0.1) is 11.3 Å². The van der Waals surface area contributed by atoms with E-state index in [1.54, 1.807) is 0 Å². The van der Waals surface area contributed by atoms with Crippen molar-refractivity contribution in [3.8, 4) is 0 Å². The third-order valence-electron chi connectivity index (χ3n) is 4.65. The topological polar surface area (TPSA) is 52.6 Å². The van der Waals surface area contributed by atoms with Gasteiger partial charge in [-0.25, -0.2) is 0 Å². The van der Waals surface area contributed by atoms with Crippen LogP contribution in [0, 0.1) is 0 Å². The lowest BCUT2D eigenvalue weighted by atomic mass is 10.1. The predicted octanol–water partition coefficient (Wildman–Crippen LogP) is 2.57. The summed E-state index contributed by atoms with van der Waals surface area (Å²) in [6.45, 7) is 2.24. The molecule has 3 rings (SSSR count). The minimum absolute atomic E-state index is 0.0228. The van der Waals surface area contributed by atoms with E-state index in [1.807, 2.05) is 49.3 Å². The van der Waals surface area contributed by atoms with E-state index in [1.165, 1.54) is 11.3 Å². The Labute approximate surface area is 152 Å². The molecule has 5 nitrogen and oxygen atoms in total. The molecule has 0 saturated carbocycles. The fourth-order valence-electron chi connectivity index (χ4n) is 3.24. The van der Waals surface area contributed by atoms with Gasteiger partial charge in [0, 0.05) is 36.8 Å². The number of likely N-dealkylation sites (N-methyl/N-ethyl adjacent to an activating group) is 1. The van der Waals surface area contributed by atoms with Gasteiger partial charge < -0.3 is 15.1 Å². The number of fused-ring (bicyclic) bond motifs is 1. The standard InChI is InChI=1S/C19H25N3O2S/c1-21(2)11-12-22-15(7-8-18(22)23)9-10-20-19(24)17-13-14-5-3-4-6-16(14)25-17/h3-6,13,15H,7-12H2,1-2H3,(H,20,24). The van der Waals surface area contributed by atoms with Crippen LogP contribution < -0.4 is 5.32 Å². The molecule has 1 aromatic heterocycles. The van der Waals surface area contributed by atoms with Crippen molar-refractivity contribution in [1.82, 2.24) is 15.1 Å². The first-order valence-electron chi connectivity index (χ1n) is 8.75. The van der Waals surface area contributed by atoms with Crippen LogP contribution in [0.2, 0.25) is 0 Å². The van der Waals surface area contributed by atoms with E-state index in [0.717, 1.165) is 40.9 Å². The predicted molar refractivity (Wildman–Crippen MR) is 102 cm³/mol. The second-order valence-corrected chi connectivity index (χ2v) is 7.86. The summed E-state index contributed by atoms with van der Waals surface area (Å²) in [5.74, 6) is 0.216. The largest absolute Gasteiger partial charge is 0.351 e. The smallest absolute Gasteiger partial charge is 0.261 e. The van der Waals surface area contributed by atoms with E-state index in [2.05, 4.69) is 10.2 Å². The molecule has 1 atom stereocenters. The molecular weight excluding hydrogens is 334 g/mol. The summed E-state index contributed by atoms with van der Waals surface area (Å²) in [6.07, 6.45) is 2.34. The number of amides is 2. The number of nitrogens with zero attached hydrogens (tertiary/aromatic N) is 2. The Bertz CT molecular complexity index is 723. The lowest BCUT2D eigenvalue weighted by Crippen LogP contribution is -2.39. The molecule has 1 unspecified atom stereocenters. The number of rotatable bonds is 7. The molecule has 0 bridgehead atoms. The van der Waals surface area contributed by atoms with Crippen LogP contribution in [0.4, 0.5) is 0 Å². The van der Waals surface area contributed by atoms with Crippen molar-refractivity contribution in [1.29, 1.82) is 0 Å². The summed E-state index contributed by atoms with van der Waals surface area (Å²) < 4.78 is 1.13. The minimum atomic E-state index is -0.0228. The molecular formula is C19H25N3O2S. The van der Waals surface area contributed by atoms with Crippen LogP contribution in [0.1, 0.15) is 28.9 Å². The van der Waals surface area contributed by atoms with E-state index >= 15 is 0 Å². The third-order valence-corrected chi connectivity index (χ3v) is 5.77. The average molecular weight is 359 g/mol. The lowest BCUT2D eigenvalue weighted by Gasteiger charge is -2.26. The van der Waals surface area contributed by atoms with Crippen LogP contribution in [0.15, 0.2) is 30.3 Å². The van der Waals surface area contributed by atoms with Gasteiger partial charge in [-0.05, 0) is 44.5 Å². The zero-order valence-electron chi connectivity index (χ0n) is 14.8. The van der Waals surface area contributed by atoms with Gasteiger partial charge in [0.15, 0.2) is 0 Å². The summed E-state index contributed by atoms with van der Waals surface area (Å²) in [5.41, 5.74) is 0. The van der Waals surface area contributed by atoms with Gasteiger partial charge >= 0.3 is 0 Å². The number of hydrogen-bond donors (Lipinski definition) is 1. The molecule has 2 amide bonds. The molecule has 25 heavy (non-hydrogen) atoms. The molecule has 134 valence electrons. The van der Waals surface area contributed by atoms with E-state index in [4.69, 9.17) is 0 Å². The first kappa shape index (κ1) is 17.9. The van der Waals surface area contributed by atoms with Crippen LogP contribution in [-0.4, -0.2) is 61.4 Å².